The molecule has 0 saturated heterocycles. The van der Waals surface area contributed by atoms with Crippen molar-refractivity contribution in [2.75, 3.05) is 0 Å². The molecule has 0 unspecified atom stereocenters. The van der Waals surface area contributed by atoms with Crippen LogP contribution in [0.1, 0.15) is 0 Å². The number of fused-ring (bicyclic) bond motifs is 1. The second kappa shape index (κ2) is 3.05. The Bertz CT molecular complexity index is 438. The van der Waals surface area contributed by atoms with E-state index in [4.69, 9.17) is 23.2 Å². The van der Waals surface area contributed by atoms with E-state index in [-0.39, 0.29) is 0 Å². The lowest BCUT2D eigenvalue weighted by Gasteiger charge is -1.98. The number of hydrogen-bond donors (Lipinski definition) is 0. The Kier molecular flexibility index (Phi) is 2.18. The predicted molar refractivity (Wildman–Crippen MR) is 57.9 cm³/mol. The Hall–Kier alpha value is -0.000000000000000167. The average molecular weight is 313 g/mol. The van der Waals surface area contributed by atoms with E-state index >= 15 is 0 Å². The van der Waals surface area contributed by atoms with E-state index in [1.165, 1.54) is 0 Å². The smallest absolute Gasteiger partial charge is 0.140 e. The highest BCUT2D eigenvalue weighted by molar-refractivity contribution is 14.1. The van der Waals surface area contributed by atoms with Crippen LogP contribution in [0.25, 0.3) is 5.65 Å². The molecule has 0 spiro atoms. The van der Waals surface area contributed by atoms with E-state index in [0.29, 0.717) is 10.2 Å². The zero-order chi connectivity index (χ0) is 8.72. The summed E-state index contributed by atoms with van der Waals surface area (Å²) in [5.74, 6) is 0. The molecule has 0 aliphatic carbocycles. The summed E-state index contributed by atoms with van der Waals surface area (Å²) >= 11 is 13.9. The van der Waals surface area contributed by atoms with Gasteiger partial charge in [0.05, 0.1) is 6.20 Å². The zero-order valence-corrected chi connectivity index (χ0v) is 9.43. The van der Waals surface area contributed by atoms with Crippen molar-refractivity contribution in [3.8, 4) is 0 Å². The van der Waals surface area contributed by atoms with Crippen molar-refractivity contribution in [3.05, 3.63) is 32.2 Å². The summed E-state index contributed by atoms with van der Waals surface area (Å²) in [4.78, 5) is 4.13. The molecule has 62 valence electrons. The summed E-state index contributed by atoms with van der Waals surface area (Å²) in [6, 6.07) is 3.47. The van der Waals surface area contributed by atoms with E-state index in [1.807, 2.05) is 4.40 Å². The lowest BCUT2D eigenvalue weighted by atomic mass is 10.5. The summed E-state index contributed by atoms with van der Waals surface area (Å²) in [5, 5.41) is 1.19. The van der Waals surface area contributed by atoms with Crippen LogP contribution in [-0.4, -0.2) is 9.38 Å². The lowest BCUT2D eigenvalue weighted by molar-refractivity contribution is 1.15. The van der Waals surface area contributed by atoms with Crippen molar-refractivity contribution < 1.29 is 0 Å². The molecule has 5 heteroatoms. The minimum Gasteiger partial charge on any atom is -0.278 e. The van der Waals surface area contributed by atoms with Crippen molar-refractivity contribution >= 4 is 51.4 Å². The van der Waals surface area contributed by atoms with Gasteiger partial charge in [0.1, 0.15) is 14.5 Å². The van der Waals surface area contributed by atoms with Gasteiger partial charge in [0, 0.05) is 11.1 Å². The van der Waals surface area contributed by atoms with Gasteiger partial charge in [-0.2, -0.15) is 0 Å². The number of rotatable bonds is 0. The Balaban J connectivity index is 2.93. The highest BCUT2D eigenvalue weighted by Crippen LogP contribution is 2.21. The Labute approximate surface area is 92.6 Å². The van der Waals surface area contributed by atoms with Crippen LogP contribution in [-0.2, 0) is 0 Å². The molecule has 0 amide bonds. The molecule has 0 saturated carbocycles. The molecule has 0 atom stereocenters. The van der Waals surface area contributed by atoms with Crippen LogP contribution in [0.15, 0.2) is 18.3 Å². The summed E-state index contributed by atoms with van der Waals surface area (Å²) in [6.45, 7) is 0. The first-order valence-corrected chi connectivity index (χ1v) is 5.00. The fraction of sp³-hybridized carbons (Fsp3) is 0. The van der Waals surface area contributed by atoms with Crippen LogP contribution in [0.2, 0.25) is 10.2 Å². The van der Waals surface area contributed by atoms with Crippen LogP contribution >= 0.6 is 45.8 Å². The molecule has 2 aromatic rings. The molecule has 2 heterocycles. The first kappa shape index (κ1) is 8.59. The molecule has 0 fully saturated rings. The minimum absolute atomic E-state index is 0.583. The zero-order valence-electron chi connectivity index (χ0n) is 5.76. The molecule has 2 rings (SSSR count). The number of aromatic nitrogens is 2. The minimum atomic E-state index is 0.583. The molecular formula is C7H3Cl2IN2. The Morgan fingerprint density at radius 1 is 1.33 bits per heavy atom. The fourth-order valence-electron chi connectivity index (χ4n) is 1.00. The SMILES string of the molecule is Clc1cc(Cl)n2c(I)cnc2c1. The molecule has 2 aromatic heterocycles. The third-order valence-corrected chi connectivity index (χ3v) is 2.74. The Morgan fingerprint density at radius 3 is 2.83 bits per heavy atom. The topological polar surface area (TPSA) is 17.3 Å². The van der Waals surface area contributed by atoms with E-state index in [1.54, 1.807) is 18.3 Å². The molecule has 0 aromatic carbocycles. The van der Waals surface area contributed by atoms with Gasteiger partial charge in [-0.1, -0.05) is 23.2 Å². The molecule has 0 aliphatic heterocycles. The molecule has 0 bridgehead atoms. The largest absolute Gasteiger partial charge is 0.278 e. The van der Waals surface area contributed by atoms with Gasteiger partial charge in [0.15, 0.2) is 0 Å². The second-order valence-corrected chi connectivity index (χ2v) is 4.20. The molecule has 12 heavy (non-hydrogen) atoms. The quantitative estimate of drug-likeness (QED) is 0.539. The van der Waals surface area contributed by atoms with Crippen LogP contribution in [0.5, 0.6) is 0 Å². The van der Waals surface area contributed by atoms with Gasteiger partial charge in [-0.3, -0.25) is 4.40 Å². The molecule has 0 N–H and O–H groups in total. The van der Waals surface area contributed by atoms with Gasteiger partial charge >= 0.3 is 0 Å². The summed E-state index contributed by atoms with van der Waals surface area (Å²) in [7, 11) is 0. The normalized spacial score (nSPS) is 10.9. The monoisotopic (exact) mass is 312 g/mol. The van der Waals surface area contributed by atoms with Crippen LogP contribution in [0.3, 0.4) is 0 Å². The van der Waals surface area contributed by atoms with Crippen molar-refractivity contribution in [1.82, 2.24) is 9.38 Å². The van der Waals surface area contributed by atoms with Crippen LogP contribution < -0.4 is 0 Å². The maximum atomic E-state index is 5.94. The number of halogens is 3. The first-order valence-electron chi connectivity index (χ1n) is 3.16. The van der Waals surface area contributed by atoms with Gasteiger partial charge in [0.25, 0.3) is 0 Å². The van der Waals surface area contributed by atoms with E-state index in [0.717, 1.165) is 9.35 Å². The summed E-state index contributed by atoms with van der Waals surface area (Å²) in [5.41, 5.74) is 0.775. The standard InChI is InChI=1S/C7H3Cl2IN2/c8-4-1-5(9)12-6(10)3-11-7(12)2-4/h1-3H. The van der Waals surface area contributed by atoms with Crippen molar-refractivity contribution in [2.24, 2.45) is 0 Å². The number of nitrogens with zero attached hydrogens (tertiary/aromatic N) is 2. The van der Waals surface area contributed by atoms with Crippen molar-refractivity contribution in [1.29, 1.82) is 0 Å². The molecule has 0 aliphatic rings. The summed E-state index contributed by atoms with van der Waals surface area (Å²) < 4.78 is 2.80. The molecule has 2 nitrogen and oxygen atoms in total. The molecular weight excluding hydrogens is 310 g/mol. The van der Waals surface area contributed by atoms with E-state index in [9.17, 15) is 0 Å². The van der Waals surface area contributed by atoms with Crippen LogP contribution in [0.4, 0.5) is 0 Å². The van der Waals surface area contributed by atoms with Gasteiger partial charge in [-0.15, -0.1) is 0 Å². The first-order chi connectivity index (χ1) is 5.68. The predicted octanol–water partition coefficient (Wildman–Crippen LogP) is 3.25. The second-order valence-electron chi connectivity index (χ2n) is 2.27. The van der Waals surface area contributed by atoms with Crippen molar-refractivity contribution in [3.63, 3.8) is 0 Å². The summed E-state index contributed by atoms with van der Waals surface area (Å²) in [6.07, 6.45) is 1.75. The number of pyridine rings is 1. The lowest BCUT2D eigenvalue weighted by Crippen LogP contribution is -1.88. The molecule has 0 radical (unpaired) electrons. The van der Waals surface area contributed by atoms with Gasteiger partial charge in [-0.25, -0.2) is 4.98 Å². The number of hydrogen-bond acceptors (Lipinski definition) is 1. The third-order valence-electron chi connectivity index (χ3n) is 1.48. The third kappa shape index (κ3) is 1.30. The Morgan fingerprint density at radius 2 is 2.08 bits per heavy atom. The average Bonchev–Trinajstić information content (AvgIpc) is 2.31. The van der Waals surface area contributed by atoms with Gasteiger partial charge in [0.2, 0.25) is 0 Å². The maximum Gasteiger partial charge on any atom is 0.140 e. The number of imidazole rings is 1. The van der Waals surface area contributed by atoms with Gasteiger partial charge in [-0.05, 0) is 28.7 Å². The highest BCUT2D eigenvalue weighted by atomic mass is 127. The van der Waals surface area contributed by atoms with Crippen LogP contribution in [0, 0.1) is 3.70 Å². The van der Waals surface area contributed by atoms with E-state index in [2.05, 4.69) is 27.6 Å². The van der Waals surface area contributed by atoms with E-state index < -0.39 is 0 Å². The maximum absolute atomic E-state index is 5.94. The fourth-order valence-corrected chi connectivity index (χ4v) is 2.34. The van der Waals surface area contributed by atoms with Crippen molar-refractivity contribution in [2.45, 2.75) is 0 Å². The highest BCUT2D eigenvalue weighted by Gasteiger charge is 2.04. The van der Waals surface area contributed by atoms with Gasteiger partial charge < -0.3 is 0 Å².